The molecular formula is C8H15N3O3. The van der Waals surface area contributed by atoms with E-state index in [9.17, 15) is 9.59 Å². The quantitative estimate of drug-likeness (QED) is 0.213. The van der Waals surface area contributed by atoms with Crippen LogP contribution < -0.4 is 11.3 Å². The van der Waals surface area contributed by atoms with E-state index >= 15 is 0 Å². The van der Waals surface area contributed by atoms with Crippen LogP contribution in [0.2, 0.25) is 0 Å². The van der Waals surface area contributed by atoms with Gasteiger partial charge in [0.05, 0.1) is 0 Å². The van der Waals surface area contributed by atoms with Gasteiger partial charge in [0.2, 0.25) is 0 Å². The number of hydrogen-bond donors (Lipinski definition) is 3. The smallest absolute Gasteiger partial charge is 0.323 e. The molecule has 0 saturated carbocycles. The number of hydrazine groups is 1. The zero-order valence-corrected chi connectivity index (χ0v) is 7.90. The molecule has 1 saturated heterocycles. The number of nitrogens with zero attached hydrogens (tertiary/aromatic N) is 1. The minimum Gasteiger partial charge on any atom is -0.396 e. The van der Waals surface area contributed by atoms with Crippen LogP contribution in [0.3, 0.4) is 0 Å². The molecule has 0 bridgehead atoms. The topological polar surface area (TPSA) is 95.7 Å². The zero-order chi connectivity index (χ0) is 10.6. The first-order valence-corrected chi connectivity index (χ1v) is 4.59. The maximum absolute atomic E-state index is 11.3. The lowest BCUT2D eigenvalue weighted by Crippen LogP contribution is -2.44. The van der Waals surface area contributed by atoms with Crippen molar-refractivity contribution in [2.45, 2.75) is 12.8 Å². The summed E-state index contributed by atoms with van der Waals surface area (Å²) in [4.78, 5) is 23.6. The van der Waals surface area contributed by atoms with Crippen molar-refractivity contribution >= 4 is 11.8 Å². The van der Waals surface area contributed by atoms with Crippen molar-refractivity contribution in [2.75, 3.05) is 19.7 Å². The first kappa shape index (κ1) is 10.9. The van der Waals surface area contributed by atoms with Gasteiger partial charge < -0.3 is 10.0 Å². The van der Waals surface area contributed by atoms with Crippen molar-refractivity contribution in [3.8, 4) is 0 Å². The van der Waals surface area contributed by atoms with Crippen molar-refractivity contribution in [1.29, 1.82) is 0 Å². The second-order valence-electron chi connectivity index (χ2n) is 3.39. The van der Waals surface area contributed by atoms with Crippen LogP contribution in [0.5, 0.6) is 0 Å². The lowest BCUT2D eigenvalue weighted by atomic mass is 10.1. The molecule has 1 rings (SSSR count). The van der Waals surface area contributed by atoms with E-state index < -0.39 is 11.8 Å². The molecule has 0 aromatic heterocycles. The van der Waals surface area contributed by atoms with Crippen LogP contribution in [0.1, 0.15) is 12.8 Å². The summed E-state index contributed by atoms with van der Waals surface area (Å²) in [6.45, 7) is 1.22. The molecule has 2 amide bonds. The summed E-state index contributed by atoms with van der Waals surface area (Å²) < 4.78 is 0. The van der Waals surface area contributed by atoms with Crippen LogP contribution in [0.4, 0.5) is 0 Å². The lowest BCUT2D eigenvalue weighted by molar-refractivity contribution is -0.145. The molecule has 1 aliphatic heterocycles. The number of nitrogens with one attached hydrogen (secondary N) is 1. The third-order valence-corrected chi connectivity index (χ3v) is 2.44. The number of amides is 2. The van der Waals surface area contributed by atoms with Gasteiger partial charge in [0.15, 0.2) is 0 Å². The number of aliphatic hydroxyl groups excluding tert-OH is 1. The van der Waals surface area contributed by atoms with E-state index in [1.165, 1.54) is 4.90 Å². The van der Waals surface area contributed by atoms with E-state index in [0.717, 1.165) is 6.42 Å². The molecule has 1 atom stereocenters. The SMILES string of the molecule is NNC(=O)C(=O)N1CCC(CCO)C1. The Morgan fingerprint density at radius 3 is 2.86 bits per heavy atom. The van der Waals surface area contributed by atoms with E-state index in [2.05, 4.69) is 0 Å². The van der Waals surface area contributed by atoms with Crippen LogP contribution in [0.15, 0.2) is 0 Å². The molecule has 6 nitrogen and oxygen atoms in total. The van der Waals surface area contributed by atoms with Crippen LogP contribution in [-0.4, -0.2) is 41.5 Å². The highest BCUT2D eigenvalue weighted by molar-refractivity contribution is 6.34. The molecular weight excluding hydrogens is 186 g/mol. The summed E-state index contributed by atoms with van der Waals surface area (Å²) in [7, 11) is 0. The fourth-order valence-electron chi connectivity index (χ4n) is 1.64. The minimum atomic E-state index is -0.783. The van der Waals surface area contributed by atoms with Gasteiger partial charge in [-0.25, -0.2) is 5.84 Å². The number of aliphatic hydroxyl groups is 1. The normalized spacial score (nSPS) is 21.0. The van der Waals surface area contributed by atoms with Gasteiger partial charge in [-0.05, 0) is 18.8 Å². The standard InChI is InChI=1S/C8H15N3O3/c9-10-7(13)8(14)11-3-1-6(5-11)2-4-12/h6,12H,1-5,9H2,(H,10,13). The van der Waals surface area contributed by atoms with Gasteiger partial charge in [-0.1, -0.05) is 0 Å². The van der Waals surface area contributed by atoms with Crippen LogP contribution in [0, 0.1) is 5.92 Å². The largest absolute Gasteiger partial charge is 0.396 e. The molecule has 1 heterocycles. The molecule has 1 aliphatic rings. The van der Waals surface area contributed by atoms with Gasteiger partial charge in [-0.15, -0.1) is 0 Å². The van der Waals surface area contributed by atoms with Gasteiger partial charge >= 0.3 is 11.8 Å². The monoisotopic (exact) mass is 201 g/mol. The van der Waals surface area contributed by atoms with E-state index in [-0.39, 0.29) is 6.61 Å². The van der Waals surface area contributed by atoms with Gasteiger partial charge in [0, 0.05) is 19.7 Å². The summed E-state index contributed by atoms with van der Waals surface area (Å²) in [5.41, 5.74) is 1.81. The molecule has 6 heteroatoms. The molecule has 0 aliphatic carbocycles. The Balaban J connectivity index is 2.41. The number of likely N-dealkylation sites (tertiary alicyclic amines) is 1. The Kier molecular flexibility index (Phi) is 3.84. The zero-order valence-electron chi connectivity index (χ0n) is 7.90. The molecule has 0 aromatic rings. The maximum Gasteiger partial charge on any atom is 0.323 e. The first-order chi connectivity index (χ1) is 6.69. The summed E-state index contributed by atoms with van der Waals surface area (Å²) in [5, 5.41) is 8.70. The van der Waals surface area contributed by atoms with E-state index in [4.69, 9.17) is 10.9 Å². The summed E-state index contributed by atoms with van der Waals surface area (Å²) in [6.07, 6.45) is 1.51. The van der Waals surface area contributed by atoms with Crippen molar-refractivity contribution in [2.24, 2.45) is 11.8 Å². The molecule has 80 valence electrons. The lowest BCUT2D eigenvalue weighted by Gasteiger charge is -2.14. The molecule has 1 fully saturated rings. The fraction of sp³-hybridized carbons (Fsp3) is 0.750. The van der Waals surface area contributed by atoms with E-state index in [1.54, 1.807) is 0 Å². The highest BCUT2D eigenvalue weighted by Gasteiger charge is 2.29. The number of carbonyl (C=O) groups is 2. The third kappa shape index (κ3) is 2.43. The second kappa shape index (κ2) is 4.92. The molecule has 0 radical (unpaired) electrons. The van der Waals surface area contributed by atoms with Crippen LogP contribution in [-0.2, 0) is 9.59 Å². The average Bonchev–Trinajstić information content (AvgIpc) is 2.64. The Bertz CT molecular complexity index is 232. The van der Waals surface area contributed by atoms with Crippen LogP contribution >= 0.6 is 0 Å². The second-order valence-corrected chi connectivity index (χ2v) is 3.39. The number of carbonyl (C=O) groups excluding carboxylic acids is 2. The van der Waals surface area contributed by atoms with E-state index in [1.807, 2.05) is 5.43 Å². The van der Waals surface area contributed by atoms with Crippen molar-refractivity contribution in [3.05, 3.63) is 0 Å². The molecule has 1 unspecified atom stereocenters. The first-order valence-electron chi connectivity index (χ1n) is 4.59. The predicted octanol–water partition coefficient (Wildman–Crippen LogP) is -1.79. The van der Waals surface area contributed by atoms with Crippen molar-refractivity contribution < 1.29 is 14.7 Å². The Hall–Kier alpha value is -1.14. The predicted molar refractivity (Wildman–Crippen MR) is 48.7 cm³/mol. The summed E-state index contributed by atoms with van der Waals surface area (Å²) in [5.74, 6) is 3.77. The van der Waals surface area contributed by atoms with Gasteiger partial charge in [0.1, 0.15) is 0 Å². The van der Waals surface area contributed by atoms with Crippen LogP contribution in [0.25, 0.3) is 0 Å². The number of rotatable bonds is 2. The minimum absolute atomic E-state index is 0.121. The number of hydrogen-bond acceptors (Lipinski definition) is 4. The van der Waals surface area contributed by atoms with Gasteiger partial charge in [-0.2, -0.15) is 0 Å². The van der Waals surface area contributed by atoms with Gasteiger partial charge in [0.25, 0.3) is 0 Å². The Labute approximate surface area is 82.0 Å². The van der Waals surface area contributed by atoms with Gasteiger partial charge in [-0.3, -0.25) is 15.0 Å². The van der Waals surface area contributed by atoms with Crippen molar-refractivity contribution in [3.63, 3.8) is 0 Å². The molecule has 14 heavy (non-hydrogen) atoms. The molecule has 0 spiro atoms. The summed E-state index contributed by atoms with van der Waals surface area (Å²) >= 11 is 0. The number of nitrogens with two attached hydrogens (primary N) is 1. The van der Waals surface area contributed by atoms with E-state index in [0.29, 0.717) is 25.4 Å². The fourth-order valence-corrected chi connectivity index (χ4v) is 1.64. The Morgan fingerprint density at radius 2 is 2.29 bits per heavy atom. The highest BCUT2D eigenvalue weighted by atomic mass is 16.3. The summed E-state index contributed by atoms with van der Waals surface area (Å²) in [6, 6.07) is 0. The third-order valence-electron chi connectivity index (χ3n) is 2.44. The molecule has 4 N–H and O–H groups in total. The Morgan fingerprint density at radius 1 is 1.57 bits per heavy atom. The highest BCUT2D eigenvalue weighted by Crippen LogP contribution is 2.18. The maximum atomic E-state index is 11.3. The average molecular weight is 201 g/mol. The molecule has 0 aromatic carbocycles. The van der Waals surface area contributed by atoms with Crippen molar-refractivity contribution in [1.82, 2.24) is 10.3 Å².